The summed E-state index contributed by atoms with van der Waals surface area (Å²) >= 11 is 0. The first-order valence-electron chi connectivity index (χ1n) is 12.9. The van der Waals surface area contributed by atoms with Crippen molar-refractivity contribution in [2.75, 3.05) is 0 Å². The molecule has 0 aliphatic heterocycles. The third-order valence-corrected chi connectivity index (χ3v) is 6.19. The van der Waals surface area contributed by atoms with Crippen molar-refractivity contribution in [1.29, 1.82) is 0 Å². The summed E-state index contributed by atoms with van der Waals surface area (Å²) in [5.41, 5.74) is 0. The first-order chi connectivity index (χ1) is 13.8. The van der Waals surface area contributed by atoms with Crippen molar-refractivity contribution in [3.05, 3.63) is 18.2 Å². The summed E-state index contributed by atoms with van der Waals surface area (Å²) in [7, 11) is 0. The molecular formula is C26H51N2+. The Balaban J connectivity index is 1.99. The minimum atomic E-state index is 1.10. The molecule has 0 aliphatic carbocycles. The maximum absolute atomic E-state index is 2.53. The molecule has 0 unspecified atom stereocenters. The van der Waals surface area contributed by atoms with E-state index < -0.39 is 0 Å². The van der Waals surface area contributed by atoms with Crippen LogP contribution in [0.5, 0.6) is 0 Å². The Morgan fingerprint density at radius 2 is 1.07 bits per heavy atom. The van der Waals surface area contributed by atoms with Crippen LogP contribution in [0, 0.1) is 0 Å². The third-order valence-electron chi connectivity index (χ3n) is 6.19. The maximum Gasteiger partial charge on any atom is 0.256 e. The molecular weight excluding hydrogens is 340 g/mol. The summed E-state index contributed by atoms with van der Waals surface area (Å²) in [6, 6.07) is 0. The van der Waals surface area contributed by atoms with Crippen LogP contribution in [0.2, 0.25) is 0 Å². The second kappa shape index (κ2) is 18.3. The molecule has 0 aliphatic rings. The lowest BCUT2D eigenvalue weighted by atomic mass is 10.0. The molecule has 0 saturated carbocycles. The quantitative estimate of drug-likeness (QED) is 0.157. The van der Waals surface area contributed by atoms with Gasteiger partial charge < -0.3 is 0 Å². The van der Waals surface area contributed by atoms with Crippen molar-refractivity contribution in [3.8, 4) is 0 Å². The SMILES string of the molecule is CCCCCCCCCCCCCCCC[n+]1ccn(CC)c1CCCCC. The van der Waals surface area contributed by atoms with Crippen molar-refractivity contribution in [2.24, 2.45) is 0 Å². The molecule has 1 rings (SSSR count). The topological polar surface area (TPSA) is 8.81 Å². The summed E-state index contributed by atoms with van der Waals surface area (Å²) in [6.45, 7) is 9.18. The van der Waals surface area contributed by atoms with Gasteiger partial charge in [0.05, 0.1) is 13.1 Å². The second-order valence-corrected chi connectivity index (χ2v) is 8.75. The largest absolute Gasteiger partial charge is 0.256 e. The molecule has 28 heavy (non-hydrogen) atoms. The fraction of sp³-hybridized carbons (Fsp3) is 0.885. The lowest BCUT2D eigenvalue weighted by molar-refractivity contribution is -0.704. The summed E-state index contributed by atoms with van der Waals surface area (Å²) in [5, 5.41) is 0. The van der Waals surface area contributed by atoms with E-state index in [0.29, 0.717) is 0 Å². The molecule has 2 nitrogen and oxygen atoms in total. The zero-order valence-corrected chi connectivity index (χ0v) is 19.7. The van der Waals surface area contributed by atoms with Gasteiger partial charge in [-0.15, -0.1) is 0 Å². The van der Waals surface area contributed by atoms with E-state index in [9.17, 15) is 0 Å². The number of rotatable bonds is 20. The average molecular weight is 392 g/mol. The zero-order chi connectivity index (χ0) is 20.3. The Labute approximate surface area is 177 Å². The molecule has 1 aromatic rings. The van der Waals surface area contributed by atoms with Crippen LogP contribution in [0.1, 0.15) is 136 Å². The Kier molecular flexibility index (Phi) is 16.5. The summed E-state index contributed by atoms with van der Waals surface area (Å²) in [4.78, 5) is 0. The van der Waals surface area contributed by atoms with E-state index in [2.05, 4.69) is 42.3 Å². The summed E-state index contributed by atoms with van der Waals surface area (Å²) < 4.78 is 4.97. The number of aromatic nitrogens is 2. The highest BCUT2D eigenvalue weighted by Gasteiger charge is 2.14. The number of nitrogens with zero attached hydrogens (tertiary/aromatic N) is 2. The Morgan fingerprint density at radius 3 is 1.57 bits per heavy atom. The van der Waals surface area contributed by atoms with Gasteiger partial charge in [-0.3, -0.25) is 0 Å². The highest BCUT2D eigenvalue weighted by atomic mass is 15.1. The van der Waals surface area contributed by atoms with Gasteiger partial charge >= 0.3 is 0 Å². The Bertz CT molecular complexity index is 449. The van der Waals surface area contributed by atoms with Crippen molar-refractivity contribution >= 4 is 0 Å². The van der Waals surface area contributed by atoms with Gasteiger partial charge in [0, 0.05) is 6.42 Å². The normalized spacial score (nSPS) is 11.4. The van der Waals surface area contributed by atoms with E-state index in [1.165, 1.54) is 122 Å². The number of hydrogen-bond donors (Lipinski definition) is 0. The second-order valence-electron chi connectivity index (χ2n) is 8.75. The molecule has 0 spiro atoms. The molecule has 0 bridgehead atoms. The monoisotopic (exact) mass is 391 g/mol. The van der Waals surface area contributed by atoms with E-state index >= 15 is 0 Å². The van der Waals surface area contributed by atoms with Gasteiger partial charge in [-0.1, -0.05) is 104 Å². The van der Waals surface area contributed by atoms with Gasteiger partial charge in [0.25, 0.3) is 5.82 Å². The van der Waals surface area contributed by atoms with Gasteiger partial charge in [-0.05, 0) is 26.2 Å². The number of aryl methyl sites for hydroxylation is 2. The maximum atomic E-state index is 2.53. The molecule has 0 aromatic carbocycles. The van der Waals surface area contributed by atoms with E-state index in [4.69, 9.17) is 0 Å². The minimum absolute atomic E-state index is 1.10. The smallest absolute Gasteiger partial charge is 0.235 e. The lowest BCUT2D eigenvalue weighted by Crippen LogP contribution is -2.37. The van der Waals surface area contributed by atoms with Gasteiger partial charge in [0.1, 0.15) is 12.4 Å². The fourth-order valence-corrected chi connectivity index (χ4v) is 4.29. The first-order valence-corrected chi connectivity index (χ1v) is 12.9. The van der Waals surface area contributed by atoms with Crippen molar-refractivity contribution in [2.45, 2.75) is 149 Å². The van der Waals surface area contributed by atoms with Crippen molar-refractivity contribution in [1.82, 2.24) is 4.57 Å². The van der Waals surface area contributed by atoms with Crippen LogP contribution in [0.25, 0.3) is 0 Å². The number of unbranched alkanes of at least 4 members (excludes halogenated alkanes) is 15. The Morgan fingerprint density at radius 1 is 0.607 bits per heavy atom. The third kappa shape index (κ3) is 11.9. The predicted molar refractivity (Wildman–Crippen MR) is 124 cm³/mol. The van der Waals surface area contributed by atoms with E-state index in [-0.39, 0.29) is 0 Å². The van der Waals surface area contributed by atoms with E-state index in [1.54, 1.807) is 5.82 Å². The summed E-state index contributed by atoms with van der Waals surface area (Å²) in [5.74, 6) is 1.55. The Hall–Kier alpha value is -0.790. The standard InChI is InChI=1S/C26H51N2/c1-4-7-9-10-11-12-13-14-15-16-17-18-19-21-23-28-25-24-27(6-3)26(28)22-20-8-5-2/h24-25H,4-23H2,1-3H3/q+1. The molecule has 0 radical (unpaired) electrons. The van der Waals surface area contributed by atoms with E-state index in [0.717, 1.165) is 6.54 Å². The van der Waals surface area contributed by atoms with Gasteiger partial charge in [-0.2, -0.15) is 0 Å². The van der Waals surface area contributed by atoms with Crippen LogP contribution in [-0.2, 0) is 19.5 Å². The molecule has 0 fully saturated rings. The highest BCUT2D eigenvalue weighted by molar-refractivity contribution is 4.83. The molecule has 164 valence electrons. The average Bonchev–Trinajstić information content (AvgIpc) is 3.10. The zero-order valence-electron chi connectivity index (χ0n) is 19.7. The molecule has 0 saturated heterocycles. The molecule has 1 heterocycles. The fourth-order valence-electron chi connectivity index (χ4n) is 4.29. The number of imidazole rings is 1. The van der Waals surface area contributed by atoms with E-state index in [1.807, 2.05) is 0 Å². The van der Waals surface area contributed by atoms with Crippen LogP contribution in [0.4, 0.5) is 0 Å². The van der Waals surface area contributed by atoms with Crippen LogP contribution in [0.15, 0.2) is 12.4 Å². The first kappa shape index (κ1) is 25.2. The predicted octanol–water partition coefficient (Wildman–Crippen LogP) is 8.01. The van der Waals surface area contributed by atoms with Crippen molar-refractivity contribution in [3.63, 3.8) is 0 Å². The minimum Gasteiger partial charge on any atom is -0.235 e. The molecule has 2 heteroatoms. The van der Waals surface area contributed by atoms with Crippen LogP contribution >= 0.6 is 0 Å². The molecule has 0 N–H and O–H groups in total. The van der Waals surface area contributed by atoms with Gasteiger partial charge in [0.15, 0.2) is 0 Å². The van der Waals surface area contributed by atoms with Crippen LogP contribution < -0.4 is 4.57 Å². The lowest BCUT2D eigenvalue weighted by Gasteiger charge is -2.05. The van der Waals surface area contributed by atoms with Gasteiger partial charge in [-0.25, -0.2) is 9.13 Å². The highest BCUT2D eigenvalue weighted by Crippen LogP contribution is 2.13. The molecule has 1 aromatic heterocycles. The van der Waals surface area contributed by atoms with Crippen LogP contribution in [0.3, 0.4) is 0 Å². The number of hydrogen-bond acceptors (Lipinski definition) is 0. The van der Waals surface area contributed by atoms with Crippen LogP contribution in [-0.4, -0.2) is 4.57 Å². The molecule has 0 atom stereocenters. The van der Waals surface area contributed by atoms with Gasteiger partial charge in [0.2, 0.25) is 0 Å². The van der Waals surface area contributed by atoms with Crippen molar-refractivity contribution < 1.29 is 4.57 Å². The summed E-state index contributed by atoms with van der Waals surface area (Å²) in [6.07, 6.45) is 30.0. The molecule has 0 amide bonds.